The fraction of sp³-hybridized carbons (Fsp3) is 0.565. The first-order chi connectivity index (χ1) is 13.5. The van der Waals surface area contributed by atoms with Gasteiger partial charge in [-0.15, -0.1) is 0 Å². The smallest absolute Gasteiger partial charge is 0.227 e. The summed E-state index contributed by atoms with van der Waals surface area (Å²) in [7, 11) is 0. The topological polar surface area (TPSA) is 35.5 Å². The van der Waals surface area contributed by atoms with Crippen LogP contribution in [0.25, 0.3) is 0 Å². The minimum absolute atomic E-state index is 0.818. The molecule has 5 nitrogen and oxygen atoms in total. The Morgan fingerprint density at radius 2 is 1.50 bits per heavy atom. The van der Waals surface area contributed by atoms with Crippen LogP contribution in [0, 0.1) is 26.7 Å². The first-order valence-corrected chi connectivity index (χ1v) is 10.7. The van der Waals surface area contributed by atoms with E-state index >= 15 is 0 Å². The minimum Gasteiger partial charge on any atom is -0.368 e. The quantitative estimate of drug-likeness (QED) is 0.806. The molecule has 0 spiro atoms. The molecule has 0 saturated carbocycles. The molecule has 2 aliphatic heterocycles. The molecule has 2 aliphatic rings. The second-order valence-electron chi connectivity index (χ2n) is 8.53. The van der Waals surface area contributed by atoms with Crippen molar-refractivity contribution in [2.24, 2.45) is 5.92 Å². The monoisotopic (exact) mass is 379 g/mol. The molecule has 3 heterocycles. The first-order valence-electron chi connectivity index (χ1n) is 10.7. The summed E-state index contributed by atoms with van der Waals surface area (Å²) >= 11 is 0. The van der Waals surface area contributed by atoms with Crippen molar-refractivity contribution in [1.29, 1.82) is 0 Å². The highest BCUT2D eigenvalue weighted by molar-refractivity contribution is 5.57. The molecule has 150 valence electrons. The average Bonchev–Trinajstić information content (AvgIpc) is 2.70. The predicted octanol–water partition coefficient (Wildman–Crippen LogP) is 3.96. The van der Waals surface area contributed by atoms with Crippen LogP contribution in [-0.4, -0.2) is 49.2 Å². The van der Waals surface area contributed by atoms with E-state index in [1.807, 2.05) is 0 Å². The number of hydrogen-bond acceptors (Lipinski definition) is 5. The van der Waals surface area contributed by atoms with Crippen molar-refractivity contribution in [3.05, 3.63) is 41.1 Å². The summed E-state index contributed by atoms with van der Waals surface area (Å²) in [5.74, 6) is 2.82. The van der Waals surface area contributed by atoms with Gasteiger partial charge in [0.05, 0.1) is 0 Å². The van der Waals surface area contributed by atoms with Crippen LogP contribution in [0.15, 0.2) is 24.3 Å². The fourth-order valence-electron chi connectivity index (χ4n) is 4.30. The number of aromatic nitrogens is 2. The molecule has 0 amide bonds. The number of piperidine rings is 1. The largest absolute Gasteiger partial charge is 0.368 e. The van der Waals surface area contributed by atoms with Gasteiger partial charge in [-0.2, -0.15) is 4.98 Å². The molecule has 0 atom stereocenters. The summed E-state index contributed by atoms with van der Waals surface area (Å²) < 4.78 is 0. The summed E-state index contributed by atoms with van der Waals surface area (Å²) in [6.45, 7) is 15.1. The van der Waals surface area contributed by atoms with E-state index < -0.39 is 0 Å². The van der Waals surface area contributed by atoms with E-state index in [-0.39, 0.29) is 0 Å². The van der Waals surface area contributed by atoms with Gasteiger partial charge < -0.3 is 14.7 Å². The standard InChI is InChI=1S/C23H33N5/c1-17-8-10-28(11-9-17)23-24-19(3)16-22(25-23)27-14-12-26(13-15-27)21-7-5-6-18(2)20(21)4/h5-7,16-17H,8-15H2,1-4H3. The normalized spacial score (nSPS) is 18.6. The van der Waals surface area contributed by atoms with Crippen molar-refractivity contribution < 1.29 is 0 Å². The van der Waals surface area contributed by atoms with Gasteiger partial charge in [-0.1, -0.05) is 19.1 Å². The van der Waals surface area contributed by atoms with Crippen molar-refractivity contribution in [2.45, 2.75) is 40.5 Å². The Morgan fingerprint density at radius 3 is 2.21 bits per heavy atom. The molecule has 28 heavy (non-hydrogen) atoms. The van der Waals surface area contributed by atoms with Crippen LogP contribution in [0.4, 0.5) is 17.5 Å². The number of anilines is 3. The minimum atomic E-state index is 0.818. The third-order valence-electron chi connectivity index (χ3n) is 6.42. The van der Waals surface area contributed by atoms with Gasteiger partial charge in [0, 0.05) is 56.7 Å². The SMILES string of the molecule is Cc1cc(N2CCN(c3cccc(C)c3C)CC2)nc(N2CCC(C)CC2)n1. The molecule has 0 radical (unpaired) electrons. The Bertz CT molecular complexity index is 818. The van der Waals surface area contributed by atoms with E-state index in [1.54, 1.807) is 0 Å². The number of piperazine rings is 1. The highest BCUT2D eigenvalue weighted by atomic mass is 15.3. The van der Waals surface area contributed by atoms with Gasteiger partial charge in [0.2, 0.25) is 5.95 Å². The number of hydrogen-bond donors (Lipinski definition) is 0. The van der Waals surface area contributed by atoms with Gasteiger partial charge in [0.1, 0.15) is 5.82 Å². The lowest BCUT2D eigenvalue weighted by molar-refractivity contribution is 0.434. The lowest BCUT2D eigenvalue weighted by atomic mass is 10.00. The molecule has 2 aromatic rings. The second kappa shape index (κ2) is 7.98. The van der Waals surface area contributed by atoms with E-state index in [2.05, 4.69) is 66.7 Å². The summed E-state index contributed by atoms with van der Waals surface area (Å²) in [5, 5.41) is 0. The molecule has 4 rings (SSSR count). The molecular formula is C23H33N5. The van der Waals surface area contributed by atoms with Crippen molar-refractivity contribution in [3.8, 4) is 0 Å². The first kappa shape index (κ1) is 19.0. The molecule has 0 aliphatic carbocycles. The number of benzene rings is 1. The lowest BCUT2D eigenvalue weighted by Gasteiger charge is -2.38. The zero-order valence-electron chi connectivity index (χ0n) is 17.8. The van der Waals surface area contributed by atoms with E-state index in [0.29, 0.717) is 0 Å². The molecule has 5 heteroatoms. The fourth-order valence-corrected chi connectivity index (χ4v) is 4.30. The third-order valence-corrected chi connectivity index (χ3v) is 6.42. The number of nitrogens with zero attached hydrogens (tertiary/aromatic N) is 5. The molecule has 2 fully saturated rings. The maximum absolute atomic E-state index is 4.96. The molecule has 2 saturated heterocycles. The molecule has 0 N–H and O–H groups in total. The van der Waals surface area contributed by atoms with E-state index in [0.717, 1.165) is 62.6 Å². The van der Waals surface area contributed by atoms with Gasteiger partial charge in [-0.05, 0) is 56.7 Å². The van der Waals surface area contributed by atoms with Crippen LogP contribution in [0.5, 0.6) is 0 Å². The Labute approximate surface area is 169 Å². The van der Waals surface area contributed by atoms with E-state index in [4.69, 9.17) is 9.97 Å². The van der Waals surface area contributed by atoms with Crippen molar-refractivity contribution in [3.63, 3.8) is 0 Å². The molecule has 0 unspecified atom stereocenters. The summed E-state index contributed by atoms with van der Waals surface area (Å²) in [4.78, 5) is 17.0. The van der Waals surface area contributed by atoms with Crippen LogP contribution >= 0.6 is 0 Å². The molecule has 0 bridgehead atoms. The van der Waals surface area contributed by atoms with Crippen LogP contribution in [0.2, 0.25) is 0 Å². The third kappa shape index (κ3) is 3.94. The zero-order valence-corrected chi connectivity index (χ0v) is 17.8. The van der Waals surface area contributed by atoms with Crippen LogP contribution in [-0.2, 0) is 0 Å². The zero-order chi connectivity index (χ0) is 19.7. The highest BCUT2D eigenvalue weighted by Gasteiger charge is 2.23. The lowest BCUT2D eigenvalue weighted by Crippen LogP contribution is -2.47. The van der Waals surface area contributed by atoms with E-state index in [9.17, 15) is 0 Å². The van der Waals surface area contributed by atoms with Crippen molar-refractivity contribution in [1.82, 2.24) is 9.97 Å². The van der Waals surface area contributed by atoms with Crippen molar-refractivity contribution >= 4 is 17.5 Å². The second-order valence-corrected chi connectivity index (χ2v) is 8.53. The Kier molecular flexibility index (Phi) is 5.42. The average molecular weight is 380 g/mol. The van der Waals surface area contributed by atoms with Gasteiger partial charge in [0.15, 0.2) is 0 Å². The summed E-state index contributed by atoms with van der Waals surface area (Å²) in [6.07, 6.45) is 2.47. The van der Waals surface area contributed by atoms with Gasteiger partial charge in [-0.3, -0.25) is 0 Å². The van der Waals surface area contributed by atoms with Crippen LogP contribution < -0.4 is 14.7 Å². The Morgan fingerprint density at radius 1 is 0.821 bits per heavy atom. The van der Waals surface area contributed by atoms with Gasteiger partial charge in [0.25, 0.3) is 0 Å². The predicted molar refractivity (Wildman–Crippen MR) is 118 cm³/mol. The molecule has 1 aromatic carbocycles. The summed E-state index contributed by atoms with van der Waals surface area (Å²) in [5.41, 5.74) is 5.21. The molecular weight excluding hydrogens is 346 g/mol. The van der Waals surface area contributed by atoms with Crippen molar-refractivity contribution in [2.75, 3.05) is 54.0 Å². The summed E-state index contributed by atoms with van der Waals surface area (Å²) in [6, 6.07) is 8.76. The van der Waals surface area contributed by atoms with E-state index in [1.165, 1.54) is 29.7 Å². The maximum Gasteiger partial charge on any atom is 0.227 e. The number of aryl methyl sites for hydroxylation is 2. The Hall–Kier alpha value is -2.30. The van der Waals surface area contributed by atoms with Gasteiger partial charge >= 0.3 is 0 Å². The molecule has 1 aromatic heterocycles. The van der Waals surface area contributed by atoms with Crippen LogP contribution in [0.3, 0.4) is 0 Å². The maximum atomic E-state index is 4.96. The van der Waals surface area contributed by atoms with Gasteiger partial charge in [-0.25, -0.2) is 4.98 Å². The van der Waals surface area contributed by atoms with Crippen LogP contribution in [0.1, 0.15) is 36.6 Å². The highest BCUT2D eigenvalue weighted by Crippen LogP contribution is 2.26. The number of rotatable bonds is 3. The Balaban J connectivity index is 1.46.